The number of hydrogen-bond donors (Lipinski definition) is 2. The van der Waals surface area contributed by atoms with Crippen molar-refractivity contribution in [1.29, 1.82) is 0 Å². The highest BCUT2D eigenvalue weighted by molar-refractivity contribution is 7.89. The molecule has 0 radical (unpaired) electrons. The van der Waals surface area contributed by atoms with E-state index in [0.717, 1.165) is 0 Å². The fourth-order valence-corrected chi connectivity index (χ4v) is 3.99. The van der Waals surface area contributed by atoms with Gasteiger partial charge in [-0.15, -0.1) is 0 Å². The van der Waals surface area contributed by atoms with E-state index in [-0.39, 0.29) is 10.9 Å². The normalized spacial score (nSPS) is 14.8. The lowest BCUT2D eigenvalue weighted by atomic mass is 10.1. The summed E-state index contributed by atoms with van der Waals surface area (Å²) in [6.07, 6.45) is -4.47. The van der Waals surface area contributed by atoms with E-state index >= 15 is 0 Å². The van der Waals surface area contributed by atoms with Crippen LogP contribution < -0.4 is 10.6 Å². The topological polar surface area (TPSA) is 78.5 Å². The molecule has 0 aliphatic heterocycles. The quantitative estimate of drug-likeness (QED) is 0.657. The van der Waals surface area contributed by atoms with Crippen LogP contribution in [0.15, 0.2) is 29.2 Å². The van der Waals surface area contributed by atoms with E-state index in [2.05, 4.69) is 5.32 Å². The second kappa shape index (κ2) is 9.52. The molecule has 0 saturated heterocycles. The molecule has 2 atom stereocenters. The first-order valence-corrected chi connectivity index (χ1v) is 10.1. The molecule has 10 heteroatoms. The lowest BCUT2D eigenvalue weighted by Crippen LogP contribution is -2.45. The van der Waals surface area contributed by atoms with Crippen LogP contribution >= 0.6 is 0 Å². The first-order valence-electron chi connectivity index (χ1n) is 8.63. The van der Waals surface area contributed by atoms with E-state index < -0.39 is 34.7 Å². The summed E-state index contributed by atoms with van der Waals surface area (Å²) < 4.78 is 62.8. The smallest absolute Gasteiger partial charge is 0.346 e. The molecule has 1 aromatic rings. The van der Waals surface area contributed by atoms with Gasteiger partial charge in [0, 0.05) is 19.1 Å². The Morgan fingerprint density at radius 2 is 1.63 bits per heavy atom. The second-order valence-corrected chi connectivity index (χ2v) is 8.04. The molecule has 1 amide bonds. The van der Waals surface area contributed by atoms with Crippen molar-refractivity contribution in [2.24, 2.45) is 0 Å². The molecule has 2 unspecified atom stereocenters. The van der Waals surface area contributed by atoms with Crippen LogP contribution in [0.4, 0.5) is 13.2 Å². The standard InChI is InChI=1S/C17H26F3N3O3S/c1-5-23(6-2)27(25,26)15-9-7-14(8-10-15)12(3)22-13(4)16(24)21-11-17(18,19)20/h7-10,12-13,22H,5-6,11H2,1-4H3,(H,21,24). The average molecular weight is 409 g/mol. The van der Waals surface area contributed by atoms with E-state index in [1.807, 2.05) is 5.32 Å². The second-order valence-electron chi connectivity index (χ2n) is 6.10. The maximum absolute atomic E-state index is 12.5. The van der Waals surface area contributed by atoms with Crippen molar-refractivity contribution in [2.75, 3.05) is 19.6 Å². The Hall–Kier alpha value is -1.65. The molecule has 27 heavy (non-hydrogen) atoms. The minimum atomic E-state index is -4.47. The van der Waals surface area contributed by atoms with Gasteiger partial charge in [-0.3, -0.25) is 10.1 Å². The zero-order chi connectivity index (χ0) is 20.8. The van der Waals surface area contributed by atoms with Crippen LogP contribution in [-0.4, -0.2) is 50.5 Å². The van der Waals surface area contributed by atoms with Gasteiger partial charge in [0.05, 0.1) is 10.9 Å². The van der Waals surface area contributed by atoms with Crippen LogP contribution in [0.3, 0.4) is 0 Å². The number of alkyl halides is 3. The summed E-state index contributed by atoms with van der Waals surface area (Å²) in [6, 6.07) is 5.00. The summed E-state index contributed by atoms with van der Waals surface area (Å²) in [6.45, 7) is 6.05. The zero-order valence-corrected chi connectivity index (χ0v) is 16.6. The molecule has 0 bridgehead atoms. The van der Waals surface area contributed by atoms with Crippen molar-refractivity contribution in [3.63, 3.8) is 0 Å². The number of carbonyl (C=O) groups excluding carboxylic acids is 1. The van der Waals surface area contributed by atoms with E-state index in [9.17, 15) is 26.4 Å². The highest BCUT2D eigenvalue weighted by atomic mass is 32.2. The van der Waals surface area contributed by atoms with Gasteiger partial charge in [-0.1, -0.05) is 26.0 Å². The van der Waals surface area contributed by atoms with Crippen LogP contribution in [0.1, 0.15) is 39.3 Å². The molecule has 154 valence electrons. The van der Waals surface area contributed by atoms with Crippen molar-refractivity contribution in [1.82, 2.24) is 14.9 Å². The Balaban J connectivity index is 2.77. The SMILES string of the molecule is CCN(CC)S(=O)(=O)c1ccc(C(C)NC(C)C(=O)NCC(F)(F)F)cc1. The van der Waals surface area contributed by atoms with Gasteiger partial charge >= 0.3 is 6.18 Å². The molecular formula is C17H26F3N3O3S. The fraction of sp³-hybridized carbons (Fsp3) is 0.588. The van der Waals surface area contributed by atoms with Gasteiger partial charge in [-0.25, -0.2) is 8.42 Å². The summed E-state index contributed by atoms with van der Waals surface area (Å²) >= 11 is 0. The summed E-state index contributed by atoms with van der Waals surface area (Å²) in [5.41, 5.74) is 0.712. The van der Waals surface area contributed by atoms with Crippen molar-refractivity contribution in [2.45, 2.75) is 50.9 Å². The maximum Gasteiger partial charge on any atom is 0.405 e. The van der Waals surface area contributed by atoms with Crippen molar-refractivity contribution < 1.29 is 26.4 Å². The minimum absolute atomic E-state index is 0.165. The van der Waals surface area contributed by atoms with Crippen LogP contribution in [0, 0.1) is 0 Å². The highest BCUT2D eigenvalue weighted by Gasteiger charge is 2.29. The number of amides is 1. The number of hydrogen-bond acceptors (Lipinski definition) is 4. The van der Waals surface area contributed by atoms with Gasteiger partial charge in [0.15, 0.2) is 0 Å². The molecule has 0 aromatic heterocycles. The Morgan fingerprint density at radius 1 is 1.11 bits per heavy atom. The van der Waals surface area contributed by atoms with Crippen molar-refractivity contribution >= 4 is 15.9 Å². The third kappa shape index (κ3) is 6.78. The van der Waals surface area contributed by atoms with Gasteiger partial charge in [0.2, 0.25) is 15.9 Å². The number of benzene rings is 1. The maximum atomic E-state index is 12.5. The predicted octanol–water partition coefficient (Wildman–Crippen LogP) is 2.43. The van der Waals surface area contributed by atoms with Gasteiger partial charge in [0.25, 0.3) is 0 Å². The molecule has 0 heterocycles. The van der Waals surface area contributed by atoms with Gasteiger partial charge in [-0.05, 0) is 31.5 Å². The van der Waals surface area contributed by atoms with Crippen LogP contribution in [0.5, 0.6) is 0 Å². The predicted molar refractivity (Wildman–Crippen MR) is 96.6 cm³/mol. The minimum Gasteiger partial charge on any atom is -0.346 e. The number of nitrogens with one attached hydrogen (secondary N) is 2. The van der Waals surface area contributed by atoms with E-state index in [4.69, 9.17) is 0 Å². The summed E-state index contributed by atoms with van der Waals surface area (Å²) in [5.74, 6) is -0.764. The third-order valence-corrected chi connectivity index (χ3v) is 6.14. The molecule has 1 rings (SSSR count). The lowest BCUT2D eigenvalue weighted by Gasteiger charge is -2.21. The number of carbonyl (C=O) groups is 1. The fourth-order valence-electron chi connectivity index (χ4n) is 2.53. The summed E-state index contributed by atoms with van der Waals surface area (Å²) in [7, 11) is -3.56. The van der Waals surface area contributed by atoms with Crippen molar-refractivity contribution in [3.8, 4) is 0 Å². The Bertz CT molecular complexity index is 717. The molecule has 0 fully saturated rings. The third-order valence-electron chi connectivity index (χ3n) is 4.08. The van der Waals surface area contributed by atoms with E-state index in [0.29, 0.717) is 18.7 Å². The molecule has 0 saturated carbocycles. The number of nitrogens with zero attached hydrogens (tertiary/aromatic N) is 1. The molecule has 1 aromatic carbocycles. The number of rotatable bonds is 9. The Kier molecular flexibility index (Phi) is 8.24. The molecule has 6 nitrogen and oxygen atoms in total. The van der Waals surface area contributed by atoms with Crippen LogP contribution in [-0.2, 0) is 14.8 Å². The molecule has 2 N–H and O–H groups in total. The molecule has 0 aliphatic carbocycles. The average Bonchev–Trinajstić information content (AvgIpc) is 2.59. The van der Waals surface area contributed by atoms with Crippen LogP contribution in [0.2, 0.25) is 0 Å². The van der Waals surface area contributed by atoms with Crippen molar-refractivity contribution in [3.05, 3.63) is 29.8 Å². The highest BCUT2D eigenvalue weighted by Crippen LogP contribution is 2.20. The number of sulfonamides is 1. The molecular weight excluding hydrogens is 383 g/mol. The largest absolute Gasteiger partial charge is 0.405 e. The van der Waals surface area contributed by atoms with E-state index in [1.165, 1.54) is 23.4 Å². The first kappa shape index (κ1) is 23.4. The monoisotopic (exact) mass is 409 g/mol. The van der Waals surface area contributed by atoms with E-state index in [1.54, 1.807) is 32.9 Å². The molecule has 0 spiro atoms. The van der Waals surface area contributed by atoms with Gasteiger partial charge in [0.1, 0.15) is 6.54 Å². The van der Waals surface area contributed by atoms with Gasteiger partial charge < -0.3 is 5.32 Å². The lowest BCUT2D eigenvalue weighted by molar-refractivity contribution is -0.139. The Morgan fingerprint density at radius 3 is 2.07 bits per heavy atom. The van der Waals surface area contributed by atoms with Crippen LogP contribution in [0.25, 0.3) is 0 Å². The summed E-state index contributed by atoms with van der Waals surface area (Å²) in [5, 5.41) is 4.72. The Labute approximate surface area is 158 Å². The molecule has 0 aliphatic rings. The number of halogens is 3. The first-order chi connectivity index (χ1) is 12.4. The zero-order valence-electron chi connectivity index (χ0n) is 15.8. The van der Waals surface area contributed by atoms with Gasteiger partial charge in [-0.2, -0.15) is 17.5 Å². The summed E-state index contributed by atoms with van der Waals surface area (Å²) in [4.78, 5) is 11.9.